The molecule has 1 rings (SSSR count). The minimum Gasteiger partial charge on any atom is -0.324 e. The highest BCUT2D eigenvalue weighted by Gasteiger charge is 2.18. The molecule has 0 heterocycles. The number of benzene rings is 1. The number of hydrogen-bond donors (Lipinski definition) is 1. The molecule has 0 aliphatic rings. The highest BCUT2D eigenvalue weighted by Crippen LogP contribution is 2.28. The van der Waals surface area contributed by atoms with Gasteiger partial charge in [-0.3, -0.25) is 0 Å². The van der Waals surface area contributed by atoms with Crippen LogP contribution < -0.4 is 5.73 Å². The minimum atomic E-state index is -0.148. The molecule has 0 fully saturated rings. The normalized spacial score (nSPS) is 13.1. The van der Waals surface area contributed by atoms with Crippen molar-refractivity contribution < 1.29 is 4.39 Å². The Bertz CT molecular complexity index is 343. The van der Waals surface area contributed by atoms with E-state index in [1.54, 1.807) is 13.0 Å². The Kier molecular flexibility index (Phi) is 5.63. The average molecular weight is 237 g/mol. The van der Waals surface area contributed by atoms with Gasteiger partial charge in [0.15, 0.2) is 0 Å². The molecule has 17 heavy (non-hydrogen) atoms. The van der Waals surface area contributed by atoms with Gasteiger partial charge in [0.1, 0.15) is 5.82 Å². The third-order valence-electron chi connectivity index (χ3n) is 3.41. The number of halogens is 1. The molecule has 0 aliphatic heterocycles. The van der Waals surface area contributed by atoms with Gasteiger partial charge in [-0.15, -0.1) is 0 Å². The fourth-order valence-corrected chi connectivity index (χ4v) is 2.33. The third-order valence-corrected chi connectivity index (χ3v) is 3.41. The molecule has 1 atom stereocenters. The van der Waals surface area contributed by atoms with Gasteiger partial charge in [0, 0.05) is 6.04 Å². The van der Waals surface area contributed by atoms with E-state index in [-0.39, 0.29) is 11.9 Å². The lowest BCUT2D eigenvalue weighted by atomic mass is 9.86. The molecule has 0 bridgehead atoms. The lowest BCUT2D eigenvalue weighted by Crippen LogP contribution is -2.21. The van der Waals surface area contributed by atoms with E-state index in [1.807, 2.05) is 12.1 Å². The van der Waals surface area contributed by atoms with Crippen LogP contribution in [0, 0.1) is 18.7 Å². The van der Waals surface area contributed by atoms with Crippen molar-refractivity contribution in [3.8, 4) is 0 Å². The summed E-state index contributed by atoms with van der Waals surface area (Å²) in [4.78, 5) is 0. The second-order valence-electron chi connectivity index (χ2n) is 4.87. The van der Waals surface area contributed by atoms with Crippen LogP contribution >= 0.6 is 0 Å². The molecule has 2 N–H and O–H groups in total. The molecular weight excluding hydrogens is 213 g/mol. The first kappa shape index (κ1) is 14.2. The van der Waals surface area contributed by atoms with E-state index >= 15 is 0 Å². The second-order valence-corrected chi connectivity index (χ2v) is 4.87. The van der Waals surface area contributed by atoms with E-state index in [4.69, 9.17) is 5.73 Å². The summed E-state index contributed by atoms with van der Waals surface area (Å²) in [5.74, 6) is 0.316. The van der Waals surface area contributed by atoms with E-state index in [0.717, 1.165) is 31.2 Å². The maximum absolute atomic E-state index is 13.5. The van der Waals surface area contributed by atoms with Gasteiger partial charge >= 0.3 is 0 Å². The molecule has 1 unspecified atom stereocenters. The number of nitrogens with two attached hydrogens (primary N) is 1. The van der Waals surface area contributed by atoms with Gasteiger partial charge in [0.05, 0.1) is 0 Å². The maximum atomic E-state index is 13.5. The van der Waals surface area contributed by atoms with Crippen LogP contribution in [-0.4, -0.2) is 0 Å². The summed E-state index contributed by atoms with van der Waals surface area (Å²) in [6.07, 6.45) is 4.49. The van der Waals surface area contributed by atoms with Crippen LogP contribution in [0.1, 0.15) is 56.7 Å². The number of rotatable bonds is 6. The van der Waals surface area contributed by atoms with Crippen molar-refractivity contribution in [1.29, 1.82) is 0 Å². The van der Waals surface area contributed by atoms with Gasteiger partial charge in [-0.05, 0) is 42.9 Å². The molecule has 0 saturated heterocycles. The van der Waals surface area contributed by atoms with Gasteiger partial charge in [-0.1, -0.05) is 38.8 Å². The topological polar surface area (TPSA) is 26.0 Å². The van der Waals surface area contributed by atoms with Crippen LogP contribution in [0.15, 0.2) is 18.2 Å². The Labute approximate surface area is 104 Å². The molecule has 1 nitrogen and oxygen atoms in total. The maximum Gasteiger partial charge on any atom is 0.126 e. The quantitative estimate of drug-likeness (QED) is 0.782. The van der Waals surface area contributed by atoms with E-state index < -0.39 is 0 Å². The Morgan fingerprint density at radius 1 is 1.18 bits per heavy atom. The highest BCUT2D eigenvalue weighted by atomic mass is 19.1. The summed E-state index contributed by atoms with van der Waals surface area (Å²) >= 11 is 0. The molecule has 1 aromatic carbocycles. The molecule has 0 radical (unpaired) electrons. The van der Waals surface area contributed by atoms with Crippen molar-refractivity contribution in [3.05, 3.63) is 35.1 Å². The zero-order chi connectivity index (χ0) is 12.8. The first-order chi connectivity index (χ1) is 8.10. The molecule has 96 valence electrons. The van der Waals surface area contributed by atoms with Crippen LogP contribution in [-0.2, 0) is 0 Å². The lowest BCUT2D eigenvalue weighted by Gasteiger charge is -2.23. The van der Waals surface area contributed by atoms with Crippen molar-refractivity contribution in [2.24, 2.45) is 11.7 Å². The van der Waals surface area contributed by atoms with E-state index in [1.165, 1.54) is 0 Å². The standard InChI is InChI=1S/C15H24FN/c1-4-6-12(7-5-2)15(17)13-9-8-11(3)14(16)10-13/h8-10,12,15H,4-7,17H2,1-3H3. The summed E-state index contributed by atoms with van der Waals surface area (Å²) in [5, 5.41) is 0. The van der Waals surface area contributed by atoms with Crippen molar-refractivity contribution >= 4 is 0 Å². The van der Waals surface area contributed by atoms with Crippen molar-refractivity contribution in [1.82, 2.24) is 0 Å². The van der Waals surface area contributed by atoms with Crippen LogP contribution in [0.5, 0.6) is 0 Å². The summed E-state index contributed by atoms with van der Waals surface area (Å²) in [5.41, 5.74) is 7.88. The van der Waals surface area contributed by atoms with Crippen molar-refractivity contribution in [2.45, 2.75) is 52.5 Å². The molecule has 0 amide bonds. The Morgan fingerprint density at radius 3 is 2.24 bits per heavy atom. The molecular formula is C15H24FN. The fraction of sp³-hybridized carbons (Fsp3) is 0.600. The summed E-state index contributed by atoms with van der Waals surface area (Å²) in [6, 6.07) is 5.34. The van der Waals surface area contributed by atoms with Crippen LogP contribution in [0.25, 0.3) is 0 Å². The Balaban J connectivity index is 2.84. The van der Waals surface area contributed by atoms with Gasteiger partial charge in [0.2, 0.25) is 0 Å². The first-order valence-corrected chi connectivity index (χ1v) is 6.61. The van der Waals surface area contributed by atoms with Gasteiger partial charge in [0.25, 0.3) is 0 Å². The van der Waals surface area contributed by atoms with E-state index in [0.29, 0.717) is 11.5 Å². The molecule has 0 spiro atoms. The molecule has 0 aromatic heterocycles. The number of hydrogen-bond acceptors (Lipinski definition) is 1. The van der Waals surface area contributed by atoms with Crippen molar-refractivity contribution in [3.63, 3.8) is 0 Å². The molecule has 0 saturated carbocycles. The smallest absolute Gasteiger partial charge is 0.126 e. The van der Waals surface area contributed by atoms with Crippen LogP contribution in [0.2, 0.25) is 0 Å². The fourth-order valence-electron chi connectivity index (χ4n) is 2.33. The third kappa shape index (κ3) is 3.81. The van der Waals surface area contributed by atoms with E-state index in [9.17, 15) is 4.39 Å². The first-order valence-electron chi connectivity index (χ1n) is 6.61. The Hall–Kier alpha value is -0.890. The predicted molar refractivity (Wildman–Crippen MR) is 71.4 cm³/mol. The highest BCUT2D eigenvalue weighted by molar-refractivity contribution is 5.26. The summed E-state index contributed by atoms with van der Waals surface area (Å²) in [6.45, 7) is 6.12. The summed E-state index contributed by atoms with van der Waals surface area (Å²) < 4.78 is 13.5. The molecule has 0 aliphatic carbocycles. The average Bonchev–Trinajstić information content (AvgIpc) is 2.31. The Morgan fingerprint density at radius 2 is 1.76 bits per heavy atom. The minimum absolute atomic E-state index is 0.0370. The van der Waals surface area contributed by atoms with Crippen molar-refractivity contribution in [2.75, 3.05) is 0 Å². The second kappa shape index (κ2) is 6.75. The van der Waals surface area contributed by atoms with E-state index in [2.05, 4.69) is 13.8 Å². The number of aryl methyl sites for hydroxylation is 1. The lowest BCUT2D eigenvalue weighted by molar-refractivity contribution is 0.368. The predicted octanol–water partition coefficient (Wildman–Crippen LogP) is 4.35. The monoisotopic (exact) mass is 237 g/mol. The van der Waals surface area contributed by atoms with Gasteiger partial charge in [-0.2, -0.15) is 0 Å². The molecule has 1 aromatic rings. The largest absolute Gasteiger partial charge is 0.324 e. The van der Waals surface area contributed by atoms with Gasteiger partial charge < -0.3 is 5.73 Å². The zero-order valence-corrected chi connectivity index (χ0v) is 11.2. The SMILES string of the molecule is CCCC(CCC)C(N)c1ccc(C)c(F)c1. The van der Waals surface area contributed by atoms with Crippen LogP contribution in [0.4, 0.5) is 4.39 Å². The van der Waals surface area contributed by atoms with Crippen LogP contribution in [0.3, 0.4) is 0 Å². The summed E-state index contributed by atoms with van der Waals surface area (Å²) in [7, 11) is 0. The zero-order valence-electron chi connectivity index (χ0n) is 11.2. The van der Waals surface area contributed by atoms with Gasteiger partial charge in [-0.25, -0.2) is 4.39 Å². The molecule has 2 heteroatoms.